The Balaban J connectivity index is 1.47. The molecule has 30 heavy (non-hydrogen) atoms. The van der Waals surface area contributed by atoms with Crippen molar-refractivity contribution >= 4 is 22.4 Å². The van der Waals surface area contributed by atoms with Crippen molar-refractivity contribution < 1.29 is 18.4 Å². The molecule has 0 aliphatic rings. The largest absolute Gasteiger partial charge is 0.486 e. The van der Waals surface area contributed by atoms with Crippen molar-refractivity contribution in [3.05, 3.63) is 64.9 Å². The van der Waals surface area contributed by atoms with E-state index < -0.39 is 11.7 Å². The van der Waals surface area contributed by atoms with Crippen LogP contribution in [0.4, 0.5) is 9.52 Å². The number of carbonyl (C=O) groups is 1. The second kappa shape index (κ2) is 8.46. The second-order valence-corrected chi connectivity index (χ2v) is 7.22. The fourth-order valence-electron chi connectivity index (χ4n) is 2.74. The number of thiazole rings is 1. The summed E-state index contributed by atoms with van der Waals surface area (Å²) in [7, 11) is 0. The number of aromatic nitrogens is 4. The number of hydrogen-bond donors (Lipinski definition) is 1. The third-order valence-electron chi connectivity index (χ3n) is 4.39. The molecule has 0 radical (unpaired) electrons. The molecule has 10 heteroatoms. The van der Waals surface area contributed by atoms with Gasteiger partial charge in [0.1, 0.15) is 12.4 Å². The maximum atomic E-state index is 13.8. The number of nitrogens with one attached hydrogen (secondary N) is 1. The zero-order valence-corrected chi connectivity index (χ0v) is 17.1. The topological polar surface area (TPSA) is 95.1 Å². The van der Waals surface area contributed by atoms with Crippen molar-refractivity contribution in [2.24, 2.45) is 0 Å². The Morgan fingerprint density at radius 2 is 2.20 bits per heavy atom. The molecule has 0 spiro atoms. The lowest BCUT2D eigenvalue weighted by Crippen LogP contribution is -2.15. The van der Waals surface area contributed by atoms with Crippen LogP contribution in [0.25, 0.3) is 11.3 Å². The summed E-state index contributed by atoms with van der Waals surface area (Å²) < 4.78 is 26.2. The zero-order valence-electron chi connectivity index (χ0n) is 16.3. The maximum absolute atomic E-state index is 13.8. The monoisotopic (exact) mass is 427 g/mol. The molecule has 0 bridgehead atoms. The summed E-state index contributed by atoms with van der Waals surface area (Å²) in [5.74, 6) is -0.464. The number of nitrogens with zero attached hydrogens (tertiary/aromatic N) is 4. The summed E-state index contributed by atoms with van der Waals surface area (Å²) in [5.41, 5.74) is 2.09. The first-order valence-corrected chi connectivity index (χ1v) is 10.0. The van der Waals surface area contributed by atoms with E-state index in [1.165, 1.54) is 23.5 Å². The molecule has 0 saturated carbocycles. The molecule has 0 atom stereocenters. The predicted octanol–water partition coefficient (Wildman–Crippen LogP) is 4.29. The number of halogens is 1. The van der Waals surface area contributed by atoms with E-state index in [9.17, 15) is 9.18 Å². The van der Waals surface area contributed by atoms with Gasteiger partial charge >= 0.3 is 0 Å². The number of hydrogen-bond acceptors (Lipinski definition) is 7. The van der Waals surface area contributed by atoms with Crippen LogP contribution in [0.5, 0.6) is 5.75 Å². The lowest BCUT2D eigenvalue weighted by atomic mass is 10.2. The molecule has 3 aromatic heterocycles. The van der Waals surface area contributed by atoms with Gasteiger partial charge in [0.05, 0.1) is 17.5 Å². The molecule has 1 N–H and O–H groups in total. The quantitative estimate of drug-likeness (QED) is 0.473. The Hall–Kier alpha value is -3.53. The van der Waals surface area contributed by atoms with Gasteiger partial charge in [0, 0.05) is 23.7 Å². The van der Waals surface area contributed by atoms with Gasteiger partial charge in [-0.1, -0.05) is 17.3 Å². The smallest absolute Gasteiger partial charge is 0.280 e. The number of rotatable bonds is 7. The number of aryl methyl sites for hydroxylation is 2. The van der Waals surface area contributed by atoms with Crippen molar-refractivity contribution in [2.75, 3.05) is 5.32 Å². The fraction of sp³-hybridized carbons (Fsp3) is 0.200. The lowest BCUT2D eigenvalue weighted by molar-refractivity contribution is 0.101. The first-order valence-electron chi connectivity index (χ1n) is 9.17. The van der Waals surface area contributed by atoms with Gasteiger partial charge in [-0.2, -0.15) is 5.10 Å². The highest BCUT2D eigenvalue weighted by atomic mass is 32.1. The van der Waals surface area contributed by atoms with Gasteiger partial charge in [-0.15, -0.1) is 11.3 Å². The standard InChI is InChI=1S/C20H18FN5O3S/c1-3-26-9-13(8-22-26)16-11-30-20(23-16)24-19(27)18-14(12(2)29-25-18)10-28-17-7-5-4-6-15(17)21/h4-9,11H,3,10H2,1-2H3,(H,23,24,27). The Kier molecular flexibility index (Phi) is 5.57. The Bertz CT molecular complexity index is 1180. The third-order valence-corrected chi connectivity index (χ3v) is 5.14. The Morgan fingerprint density at radius 3 is 2.97 bits per heavy atom. The maximum Gasteiger partial charge on any atom is 0.280 e. The van der Waals surface area contributed by atoms with Crippen LogP contribution in [-0.2, 0) is 13.2 Å². The van der Waals surface area contributed by atoms with Gasteiger partial charge in [-0.3, -0.25) is 14.8 Å². The van der Waals surface area contributed by atoms with E-state index in [0.29, 0.717) is 16.5 Å². The molecule has 4 aromatic rings. The van der Waals surface area contributed by atoms with Gasteiger partial charge in [0.25, 0.3) is 5.91 Å². The molecular formula is C20H18FN5O3S. The summed E-state index contributed by atoms with van der Waals surface area (Å²) >= 11 is 1.29. The minimum Gasteiger partial charge on any atom is -0.486 e. The number of anilines is 1. The molecule has 0 fully saturated rings. The van der Waals surface area contributed by atoms with E-state index in [2.05, 4.69) is 20.6 Å². The highest BCUT2D eigenvalue weighted by Gasteiger charge is 2.22. The van der Waals surface area contributed by atoms with Crippen LogP contribution in [0, 0.1) is 12.7 Å². The normalized spacial score (nSPS) is 10.9. The summed E-state index contributed by atoms with van der Waals surface area (Å²) in [6.07, 6.45) is 3.61. The average Bonchev–Trinajstić information content (AvgIpc) is 3.47. The molecular weight excluding hydrogens is 409 g/mol. The zero-order chi connectivity index (χ0) is 21.1. The third kappa shape index (κ3) is 4.08. The average molecular weight is 427 g/mol. The fourth-order valence-corrected chi connectivity index (χ4v) is 3.45. The van der Waals surface area contributed by atoms with Crippen LogP contribution < -0.4 is 10.1 Å². The van der Waals surface area contributed by atoms with Crippen LogP contribution >= 0.6 is 11.3 Å². The van der Waals surface area contributed by atoms with E-state index in [4.69, 9.17) is 9.26 Å². The molecule has 4 rings (SSSR count). The highest BCUT2D eigenvalue weighted by molar-refractivity contribution is 7.14. The van der Waals surface area contributed by atoms with Gasteiger partial charge < -0.3 is 9.26 Å². The molecule has 154 valence electrons. The van der Waals surface area contributed by atoms with Crippen molar-refractivity contribution in [1.82, 2.24) is 19.9 Å². The molecule has 1 amide bonds. The SMILES string of the molecule is CCn1cc(-c2csc(NC(=O)c3noc(C)c3COc3ccccc3F)n2)cn1. The van der Waals surface area contributed by atoms with Crippen molar-refractivity contribution in [1.29, 1.82) is 0 Å². The van der Waals surface area contributed by atoms with Crippen LogP contribution in [0.1, 0.15) is 28.7 Å². The van der Waals surface area contributed by atoms with Gasteiger partial charge in [0.15, 0.2) is 22.4 Å². The molecule has 0 unspecified atom stereocenters. The summed E-state index contributed by atoms with van der Waals surface area (Å²) in [6.45, 7) is 4.36. The molecule has 8 nitrogen and oxygen atoms in total. The Morgan fingerprint density at radius 1 is 1.37 bits per heavy atom. The number of ether oxygens (including phenoxy) is 1. The minimum absolute atomic E-state index is 0.0572. The highest BCUT2D eigenvalue weighted by Crippen LogP contribution is 2.26. The predicted molar refractivity (Wildman–Crippen MR) is 109 cm³/mol. The summed E-state index contributed by atoms with van der Waals surface area (Å²) in [5, 5.41) is 13.0. The molecule has 3 heterocycles. The van der Waals surface area contributed by atoms with E-state index in [1.807, 2.05) is 18.5 Å². The van der Waals surface area contributed by atoms with Gasteiger partial charge in [0.2, 0.25) is 0 Å². The summed E-state index contributed by atoms with van der Waals surface area (Å²) in [6, 6.07) is 6.04. The molecule has 0 aliphatic heterocycles. The second-order valence-electron chi connectivity index (χ2n) is 6.36. The number of carbonyl (C=O) groups excluding carboxylic acids is 1. The van der Waals surface area contributed by atoms with Gasteiger partial charge in [-0.05, 0) is 26.0 Å². The van der Waals surface area contributed by atoms with E-state index in [0.717, 1.165) is 17.8 Å². The number of amides is 1. The number of para-hydroxylation sites is 1. The van der Waals surface area contributed by atoms with E-state index in [-0.39, 0.29) is 18.1 Å². The van der Waals surface area contributed by atoms with Crippen LogP contribution in [-0.4, -0.2) is 25.8 Å². The molecule has 1 aromatic carbocycles. The first kappa shape index (κ1) is 19.8. The first-order chi connectivity index (χ1) is 14.5. The van der Waals surface area contributed by atoms with Crippen LogP contribution in [0.3, 0.4) is 0 Å². The number of benzene rings is 1. The van der Waals surface area contributed by atoms with Crippen LogP contribution in [0.2, 0.25) is 0 Å². The molecule has 0 saturated heterocycles. The van der Waals surface area contributed by atoms with Crippen LogP contribution in [0.15, 0.2) is 46.6 Å². The molecule has 0 aliphatic carbocycles. The van der Waals surface area contributed by atoms with Crippen molar-refractivity contribution in [2.45, 2.75) is 27.0 Å². The van der Waals surface area contributed by atoms with E-state index in [1.54, 1.807) is 29.9 Å². The lowest BCUT2D eigenvalue weighted by Gasteiger charge is -2.07. The van der Waals surface area contributed by atoms with Crippen molar-refractivity contribution in [3.8, 4) is 17.0 Å². The Labute approximate surface area is 175 Å². The van der Waals surface area contributed by atoms with Gasteiger partial charge in [-0.25, -0.2) is 9.37 Å². The minimum atomic E-state index is -0.487. The van der Waals surface area contributed by atoms with Crippen molar-refractivity contribution in [3.63, 3.8) is 0 Å². The van der Waals surface area contributed by atoms with E-state index >= 15 is 0 Å². The summed E-state index contributed by atoms with van der Waals surface area (Å²) in [4.78, 5) is 17.1.